The summed E-state index contributed by atoms with van der Waals surface area (Å²) in [5.41, 5.74) is 5.62. The number of nitrogens with zero attached hydrogens (tertiary/aromatic N) is 3. The van der Waals surface area contributed by atoms with Crippen LogP contribution in [-0.2, 0) is 4.79 Å². The maximum atomic E-state index is 11.5. The van der Waals surface area contributed by atoms with Crippen LogP contribution >= 0.6 is 0 Å². The van der Waals surface area contributed by atoms with Crippen molar-refractivity contribution < 1.29 is 9.90 Å². The second-order valence-electron chi connectivity index (χ2n) is 6.88. The highest BCUT2D eigenvalue weighted by Gasteiger charge is 2.26. The van der Waals surface area contributed by atoms with Gasteiger partial charge >= 0.3 is 0 Å². The molecule has 1 amide bonds. The van der Waals surface area contributed by atoms with Gasteiger partial charge in [-0.2, -0.15) is 0 Å². The highest BCUT2D eigenvalue weighted by Crippen LogP contribution is 2.27. The minimum absolute atomic E-state index is 0.305. The van der Waals surface area contributed by atoms with Crippen LogP contribution in [0.2, 0.25) is 0 Å². The number of nitrogens with two attached hydrogens (primary N) is 1. The van der Waals surface area contributed by atoms with E-state index in [2.05, 4.69) is 20.1 Å². The molecule has 0 radical (unpaired) electrons. The standard InChI is InChI=1S/C18H29N5O2/c1-4-20-17(21-13-18(2,3)16(19)25)23-11-9-22(10-12-23)14-7-5-6-8-15(14)24/h5-8,24H,4,9-13H2,1-3H3,(H2,19,25)(H,20,21). The lowest BCUT2D eigenvalue weighted by molar-refractivity contribution is -0.125. The van der Waals surface area contributed by atoms with E-state index < -0.39 is 5.41 Å². The lowest BCUT2D eigenvalue weighted by atomic mass is 9.93. The molecular weight excluding hydrogens is 318 g/mol. The van der Waals surface area contributed by atoms with E-state index in [1.165, 1.54) is 0 Å². The van der Waals surface area contributed by atoms with Gasteiger partial charge in [0.05, 0.1) is 17.6 Å². The van der Waals surface area contributed by atoms with Crippen LogP contribution in [-0.4, -0.2) is 61.1 Å². The molecule has 1 aromatic carbocycles. The van der Waals surface area contributed by atoms with Gasteiger partial charge in [0, 0.05) is 32.7 Å². The average Bonchev–Trinajstić information content (AvgIpc) is 2.59. The van der Waals surface area contributed by atoms with Crippen molar-refractivity contribution in [2.45, 2.75) is 20.8 Å². The van der Waals surface area contributed by atoms with Gasteiger partial charge in [-0.05, 0) is 32.9 Å². The molecule has 0 bridgehead atoms. The van der Waals surface area contributed by atoms with Crippen molar-refractivity contribution in [2.75, 3.05) is 44.2 Å². The number of anilines is 1. The molecule has 7 heteroatoms. The summed E-state index contributed by atoms with van der Waals surface area (Å²) < 4.78 is 0. The topological polar surface area (TPSA) is 94.2 Å². The molecule has 0 spiro atoms. The van der Waals surface area contributed by atoms with Crippen LogP contribution in [0.1, 0.15) is 20.8 Å². The van der Waals surface area contributed by atoms with Gasteiger partial charge in [0.2, 0.25) is 5.91 Å². The molecule has 0 unspecified atom stereocenters. The maximum Gasteiger partial charge on any atom is 0.224 e. The van der Waals surface area contributed by atoms with Gasteiger partial charge in [0.25, 0.3) is 0 Å². The second-order valence-corrected chi connectivity index (χ2v) is 6.88. The highest BCUT2D eigenvalue weighted by atomic mass is 16.3. The molecule has 0 aliphatic carbocycles. The van der Waals surface area contributed by atoms with Crippen LogP contribution < -0.4 is 16.0 Å². The number of nitrogens with one attached hydrogen (secondary N) is 1. The van der Waals surface area contributed by atoms with Crippen LogP contribution in [0.25, 0.3) is 0 Å². The van der Waals surface area contributed by atoms with Crippen molar-refractivity contribution in [3.05, 3.63) is 24.3 Å². The summed E-state index contributed by atoms with van der Waals surface area (Å²) in [7, 11) is 0. The molecule has 25 heavy (non-hydrogen) atoms. The Bertz CT molecular complexity index is 622. The number of aliphatic imine (C=N–C) groups is 1. The number of primary amides is 1. The van der Waals surface area contributed by atoms with Gasteiger partial charge in [0.15, 0.2) is 5.96 Å². The third-order valence-electron chi connectivity index (χ3n) is 4.43. The zero-order chi connectivity index (χ0) is 18.4. The molecule has 0 atom stereocenters. The summed E-state index contributed by atoms with van der Waals surface area (Å²) in [6.45, 7) is 9.90. The van der Waals surface area contributed by atoms with E-state index in [0.29, 0.717) is 12.3 Å². The SMILES string of the molecule is CCNC(=NCC(C)(C)C(N)=O)N1CCN(c2ccccc2O)CC1. The maximum absolute atomic E-state index is 11.5. The quantitative estimate of drug-likeness (QED) is 0.545. The van der Waals surface area contributed by atoms with Crippen LogP contribution in [0.5, 0.6) is 5.75 Å². The van der Waals surface area contributed by atoms with Crippen molar-refractivity contribution >= 4 is 17.6 Å². The molecular formula is C18H29N5O2. The Hall–Kier alpha value is -2.44. The second kappa shape index (κ2) is 8.09. The number of piperazine rings is 1. The number of aromatic hydroxyl groups is 1. The molecule has 1 fully saturated rings. The molecule has 0 aromatic heterocycles. The molecule has 138 valence electrons. The van der Waals surface area contributed by atoms with E-state index >= 15 is 0 Å². The van der Waals surface area contributed by atoms with Gasteiger partial charge in [0.1, 0.15) is 5.75 Å². The van der Waals surface area contributed by atoms with Crippen LogP contribution in [0, 0.1) is 5.41 Å². The van der Waals surface area contributed by atoms with Crippen molar-refractivity contribution in [1.82, 2.24) is 10.2 Å². The largest absolute Gasteiger partial charge is 0.506 e. The van der Waals surface area contributed by atoms with Crippen molar-refractivity contribution in [3.8, 4) is 5.75 Å². The Morgan fingerprint density at radius 3 is 2.48 bits per heavy atom. The molecule has 1 saturated heterocycles. The van der Waals surface area contributed by atoms with Crippen LogP contribution in [0.15, 0.2) is 29.3 Å². The van der Waals surface area contributed by atoms with Crippen molar-refractivity contribution in [3.63, 3.8) is 0 Å². The predicted octanol–water partition coefficient (Wildman–Crippen LogP) is 0.991. The zero-order valence-electron chi connectivity index (χ0n) is 15.3. The predicted molar refractivity (Wildman–Crippen MR) is 101 cm³/mol. The highest BCUT2D eigenvalue weighted by molar-refractivity contribution is 5.83. The third-order valence-corrected chi connectivity index (χ3v) is 4.43. The lowest BCUT2D eigenvalue weighted by Crippen LogP contribution is -2.53. The summed E-state index contributed by atoms with van der Waals surface area (Å²) in [4.78, 5) is 20.4. The van der Waals surface area contributed by atoms with Gasteiger partial charge in [-0.1, -0.05) is 12.1 Å². The van der Waals surface area contributed by atoms with E-state index in [9.17, 15) is 9.90 Å². The Morgan fingerprint density at radius 1 is 1.28 bits per heavy atom. The Balaban J connectivity index is 2.02. The number of rotatable bonds is 5. The van der Waals surface area contributed by atoms with E-state index in [0.717, 1.165) is 44.4 Å². The number of phenolic OH excluding ortho intramolecular Hbond substituents is 1. The first-order valence-electron chi connectivity index (χ1n) is 8.71. The number of phenols is 1. The number of hydrogen-bond acceptors (Lipinski definition) is 4. The molecule has 1 aliphatic rings. The third kappa shape index (κ3) is 4.78. The molecule has 0 saturated carbocycles. The zero-order valence-corrected chi connectivity index (χ0v) is 15.3. The summed E-state index contributed by atoms with van der Waals surface area (Å²) in [5.74, 6) is 0.755. The monoisotopic (exact) mass is 347 g/mol. The Labute approximate surface area is 149 Å². The molecule has 1 aliphatic heterocycles. The fourth-order valence-corrected chi connectivity index (χ4v) is 2.67. The average molecular weight is 347 g/mol. The molecule has 2 rings (SSSR count). The van der Waals surface area contributed by atoms with Gasteiger partial charge in [-0.3, -0.25) is 9.79 Å². The Kier molecular flexibility index (Phi) is 6.12. The molecule has 1 aromatic rings. The number of carbonyl (C=O) groups excluding carboxylic acids is 1. The van der Waals surface area contributed by atoms with Gasteiger partial charge < -0.3 is 26.0 Å². The molecule has 7 nitrogen and oxygen atoms in total. The van der Waals surface area contributed by atoms with Crippen molar-refractivity contribution in [1.29, 1.82) is 0 Å². The van der Waals surface area contributed by atoms with Gasteiger partial charge in [-0.25, -0.2) is 0 Å². The summed E-state index contributed by atoms with van der Waals surface area (Å²) >= 11 is 0. The number of hydrogen-bond donors (Lipinski definition) is 3. The minimum Gasteiger partial charge on any atom is -0.506 e. The van der Waals surface area contributed by atoms with E-state index in [4.69, 9.17) is 5.73 Å². The fourth-order valence-electron chi connectivity index (χ4n) is 2.67. The van der Waals surface area contributed by atoms with E-state index in [-0.39, 0.29) is 5.91 Å². The number of guanidine groups is 1. The van der Waals surface area contributed by atoms with Crippen LogP contribution in [0.4, 0.5) is 5.69 Å². The number of benzene rings is 1. The first-order chi connectivity index (χ1) is 11.8. The molecule has 4 N–H and O–H groups in total. The normalized spacial score (nSPS) is 16.0. The first kappa shape index (κ1) is 18.9. The number of carbonyl (C=O) groups is 1. The number of para-hydroxylation sites is 2. The minimum atomic E-state index is -0.668. The lowest BCUT2D eigenvalue weighted by Gasteiger charge is -2.38. The first-order valence-corrected chi connectivity index (χ1v) is 8.71. The van der Waals surface area contributed by atoms with Gasteiger partial charge in [-0.15, -0.1) is 0 Å². The summed E-state index contributed by atoms with van der Waals surface area (Å²) in [5, 5.41) is 13.3. The Morgan fingerprint density at radius 2 is 1.92 bits per heavy atom. The number of amides is 1. The molecule has 1 heterocycles. The van der Waals surface area contributed by atoms with E-state index in [1.807, 2.05) is 25.1 Å². The van der Waals surface area contributed by atoms with Crippen molar-refractivity contribution in [2.24, 2.45) is 16.1 Å². The summed E-state index contributed by atoms with van der Waals surface area (Å²) in [6.07, 6.45) is 0. The smallest absolute Gasteiger partial charge is 0.224 e. The van der Waals surface area contributed by atoms with E-state index in [1.54, 1.807) is 19.9 Å². The van der Waals surface area contributed by atoms with Crippen LogP contribution in [0.3, 0.4) is 0 Å². The fraction of sp³-hybridized carbons (Fsp3) is 0.556. The summed E-state index contributed by atoms with van der Waals surface area (Å²) in [6, 6.07) is 7.39.